The Labute approximate surface area is 149 Å². The van der Waals surface area contributed by atoms with Crippen molar-refractivity contribution in [2.45, 2.75) is 40.5 Å². The molecule has 0 saturated carbocycles. The van der Waals surface area contributed by atoms with Crippen LogP contribution in [0.3, 0.4) is 0 Å². The molecule has 1 amide bonds. The van der Waals surface area contributed by atoms with E-state index in [1.807, 2.05) is 27.7 Å². The Hall–Kier alpha value is -2.43. The van der Waals surface area contributed by atoms with Crippen LogP contribution < -0.4 is 0 Å². The van der Waals surface area contributed by atoms with Gasteiger partial charge in [0.05, 0.1) is 11.3 Å². The molecule has 0 aliphatic heterocycles. The van der Waals surface area contributed by atoms with Crippen LogP contribution >= 0.6 is 0 Å². The minimum atomic E-state index is -0.217. The van der Waals surface area contributed by atoms with Crippen molar-refractivity contribution < 1.29 is 14.7 Å². The number of aliphatic hydroxyl groups excluding tert-OH is 1. The first-order chi connectivity index (χ1) is 11.8. The van der Waals surface area contributed by atoms with Crippen LogP contribution in [0.15, 0.2) is 40.6 Å². The number of benzene rings is 1. The van der Waals surface area contributed by atoms with Crippen LogP contribution in [-0.2, 0) is 4.79 Å². The first-order valence-corrected chi connectivity index (χ1v) is 8.66. The lowest BCUT2D eigenvalue weighted by atomic mass is 9.77. The highest BCUT2D eigenvalue weighted by molar-refractivity contribution is 6.14. The molecule has 134 valence electrons. The van der Waals surface area contributed by atoms with Gasteiger partial charge in [0.1, 0.15) is 5.76 Å². The molecule has 0 spiro atoms. The number of rotatable bonds is 5. The molecule has 0 atom stereocenters. The molecule has 1 aromatic rings. The molecule has 5 heteroatoms. The standard InChI is InChI=1S/C20H26N2O3/c1-5-22(6-2)19(25)14-7-9-15(10-8-14)21-13-16-17(23)11-20(3,4)12-18(16)24/h7-10,13,23H,5-6,11-12H2,1-4H3. The number of Topliss-reactive ketones (excluding diaryl/α,β-unsaturated/α-hetero) is 1. The summed E-state index contributed by atoms with van der Waals surface area (Å²) >= 11 is 0. The third kappa shape index (κ3) is 4.56. The van der Waals surface area contributed by atoms with Crippen LogP contribution in [0, 0.1) is 5.41 Å². The molecule has 1 aliphatic carbocycles. The Morgan fingerprint density at radius 1 is 1.20 bits per heavy atom. The molecule has 0 heterocycles. The summed E-state index contributed by atoms with van der Waals surface area (Å²) in [7, 11) is 0. The smallest absolute Gasteiger partial charge is 0.253 e. The van der Waals surface area contributed by atoms with Gasteiger partial charge >= 0.3 is 0 Å². The molecular formula is C20H26N2O3. The van der Waals surface area contributed by atoms with E-state index in [4.69, 9.17) is 0 Å². The van der Waals surface area contributed by atoms with Gasteiger partial charge in [-0.3, -0.25) is 14.6 Å². The largest absolute Gasteiger partial charge is 0.511 e. The van der Waals surface area contributed by atoms with E-state index >= 15 is 0 Å². The van der Waals surface area contributed by atoms with Crippen LogP contribution in [0.1, 0.15) is 50.9 Å². The lowest BCUT2D eigenvalue weighted by Crippen LogP contribution is -2.30. The quantitative estimate of drug-likeness (QED) is 0.820. The molecule has 0 saturated heterocycles. The molecule has 0 unspecified atom stereocenters. The summed E-state index contributed by atoms with van der Waals surface area (Å²) in [4.78, 5) is 30.5. The zero-order valence-corrected chi connectivity index (χ0v) is 15.4. The Balaban J connectivity index is 2.15. The van der Waals surface area contributed by atoms with E-state index in [0.29, 0.717) is 37.2 Å². The monoisotopic (exact) mass is 342 g/mol. The van der Waals surface area contributed by atoms with E-state index in [1.54, 1.807) is 29.2 Å². The van der Waals surface area contributed by atoms with Gasteiger partial charge in [-0.05, 0) is 43.5 Å². The molecule has 1 aliphatic rings. The fourth-order valence-electron chi connectivity index (χ4n) is 2.97. The second-order valence-electron chi connectivity index (χ2n) is 7.08. The van der Waals surface area contributed by atoms with Gasteiger partial charge in [-0.15, -0.1) is 0 Å². The normalized spacial score (nSPS) is 17.2. The molecule has 1 aromatic carbocycles. The molecule has 1 N–H and O–H groups in total. The maximum absolute atomic E-state index is 12.3. The molecule has 0 fully saturated rings. The van der Waals surface area contributed by atoms with Crippen LogP contribution in [-0.4, -0.2) is 41.0 Å². The highest BCUT2D eigenvalue weighted by Crippen LogP contribution is 2.35. The number of amides is 1. The second kappa shape index (κ2) is 7.64. The van der Waals surface area contributed by atoms with E-state index < -0.39 is 0 Å². The van der Waals surface area contributed by atoms with Crippen LogP contribution in [0.25, 0.3) is 0 Å². The lowest BCUT2D eigenvalue weighted by molar-refractivity contribution is -0.117. The van der Waals surface area contributed by atoms with Crippen LogP contribution in [0.5, 0.6) is 0 Å². The fourth-order valence-corrected chi connectivity index (χ4v) is 2.97. The van der Waals surface area contributed by atoms with Crippen molar-refractivity contribution in [2.75, 3.05) is 13.1 Å². The van der Waals surface area contributed by atoms with E-state index in [-0.39, 0.29) is 28.4 Å². The predicted octanol–water partition coefficient (Wildman–Crippen LogP) is 4.07. The molecule has 25 heavy (non-hydrogen) atoms. The Bertz CT molecular complexity index is 711. The highest BCUT2D eigenvalue weighted by atomic mass is 16.3. The summed E-state index contributed by atoms with van der Waals surface area (Å²) < 4.78 is 0. The number of carbonyl (C=O) groups is 2. The van der Waals surface area contributed by atoms with Gasteiger partial charge in [0.15, 0.2) is 5.78 Å². The molecular weight excluding hydrogens is 316 g/mol. The third-order valence-electron chi connectivity index (χ3n) is 4.40. The van der Waals surface area contributed by atoms with Crippen LogP contribution in [0.2, 0.25) is 0 Å². The van der Waals surface area contributed by atoms with Crippen molar-refractivity contribution in [1.82, 2.24) is 4.90 Å². The molecule has 0 radical (unpaired) electrons. The second-order valence-corrected chi connectivity index (χ2v) is 7.08. The van der Waals surface area contributed by atoms with Crippen molar-refractivity contribution in [3.05, 3.63) is 41.2 Å². The number of allylic oxidation sites excluding steroid dienone is 2. The number of carbonyl (C=O) groups excluding carboxylic acids is 2. The van der Waals surface area contributed by atoms with Gasteiger partial charge in [0, 0.05) is 37.7 Å². The first kappa shape index (κ1) is 18.9. The zero-order chi connectivity index (χ0) is 18.6. The van der Waals surface area contributed by atoms with Gasteiger partial charge in [-0.2, -0.15) is 0 Å². The number of hydrogen-bond acceptors (Lipinski definition) is 4. The van der Waals surface area contributed by atoms with Gasteiger partial charge in [-0.25, -0.2) is 0 Å². The van der Waals surface area contributed by atoms with E-state index in [0.717, 1.165) is 0 Å². The number of aliphatic imine (C=N–C) groups is 1. The van der Waals surface area contributed by atoms with Crippen LogP contribution in [0.4, 0.5) is 5.69 Å². The van der Waals surface area contributed by atoms with Gasteiger partial charge in [-0.1, -0.05) is 13.8 Å². The van der Waals surface area contributed by atoms with E-state index in [9.17, 15) is 14.7 Å². The van der Waals surface area contributed by atoms with Gasteiger partial charge < -0.3 is 10.0 Å². The molecule has 0 aromatic heterocycles. The summed E-state index contributed by atoms with van der Waals surface area (Å²) in [5.74, 6) is -0.00488. The first-order valence-electron chi connectivity index (χ1n) is 8.66. The topological polar surface area (TPSA) is 70.0 Å². The highest BCUT2D eigenvalue weighted by Gasteiger charge is 2.32. The zero-order valence-electron chi connectivity index (χ0n) is 15.4. The summed E-state index contributed by atoms with van der Waals surface area (Å²) in [5, 5.41) is 10.1. The maximum Gasteiger partial charge on any atom is 0.253 e. The summed E-state index contributed by atoms with van der Waals surface area (Å²) in [6.07, 6.45) is 2.29. The molecule has 5 nitrogen and oxygen atoms in total. The Morgan fingerprint density at radius 3 is 2.32 bits per heavy atom. The third-order valence-corrected chi connectivity index (χ3v) is 4.40. The number of nitrogens with zero attached hydrogens (tertiary/aromatic N) is 2. The van der Waals surface area contributed by atoms with Crippen molar-refractivity contribution in [3.63, 3.8) is 0 Å². The van der Waals surface area contributed by atoms with Gasteiger partial charge in [0.25, 0.3) is 5.91 Å². The predicted molar refractivity (Wildman–Crippen MR) is 99.5 cm³/mol. The van der Waals surface area contributed by atoms with E-state index in [2.05, 4.69) is 4.99 Å². The number of hydrogen-bond donors (Lipinski definition) is 1. The Morgan fingerprint density at radius 2 is 1.80 bits per heavy atom. The van der Waals surface area contributed by atoms with Crippen molar-refractivity contribution in [1.29, 1.82) is 0 Å². The number of ketones is 1. The average molecular weight is 342 g/mol. The Kier molecular flexibility index (Phi) is 5.77. The van der Waals surface area contributed by atoms with Crippen molar-refractivity contribution >= 4 is 23.6 Å². The maximum atomic E-state index is 12.3. The summed E-state index contributed by atoms with van der Waals surface area (Å²) in [6.45, 7) is 9.15. The summed E-state index contributed by atoms with van der Waals surface area (Å²) in [5.41, 5.74) is 1.31. The van der Waals surface area contributed by atoms with Crippen molar-refractivity contribution in [2.24, 2.45) is 10.4 Å². The fraction of sp³-hybridized carbons (Fsp3) is 0.450. The lowest BCUT2D eigenvalue weighted by Gasteiger charge is -2.28. The number of aliphatic hydroxyl groups is 1. The summed E-state index contributed by atoms with van der Waals surface area (Å²) in [6, 6.07) is 6.94. The van der Waals surface area contributed by atoms with Gasteiger partial charge in [0.2, 0.25) is 0 Å². The SMILES string of the molecule is CCN(CC)C(=O)c1ccc(N=CC2=C(O)CC(C)(C)CC2=O)cc1. The minimum Gasteiger partial charge on any atom is -0.511 e. The van der Waals surface area contributed by atoms with E-state index in [1.165, 1.54) is 6.21 Å². The average Bonchev–Trinajstić information content (AvgIpc) is 2.54. The molecule has 2 rings (SSSR count). The van der Waals surface area contributed by atoms with Crippen molar-refractivity contribution in [3.8, 4) is 0 Å². The molecule has 0 bridgehead atoms. The minimum absolute atomic E-state index is 0.00873.